The van der Waals surface area contributed by atoms with Gasteiger partial charge in [0.25, 0.3) is 0 Å². The van der Waals surface area contributed by atoms with Gasteiger partial charge in [0.2, 0.25) is 0 Å². The van der Waals surface area contributed by atoms with Crippen LogP contribution in [0.2, 0.25) is 0 Å². The molecule has 0 aliphatic carbocycles. The number of halogens is 2. The van der Waals surface area contributed by atoms with Crippen LogP contribution in [0.4, 0.5) is 8.78 Å². The zero-order valence-corrected chi connectivity index (χ0v) is 4.41. The fourth-order valence-corrected chi connectivity index (χ4v) is 0.230. The monoisotopic (exact) mass is 106 g/mol. The van der Waals surface area contributed by atoms with Crippen LogP contribution in [0, 0.1) is 0 Å². The van der Waals surface area contributed by atoms with Crippen molar-refractivity contribution in [3.8, 4) is 0 Å². The first-order valence-electron chi connectivity index (χ1n) is 2.14. The standard InChI is InChI=1S/C5H8F2/c1-3-5(7)4(2)6/h3-4H,1-2H3/b5-3+. The first-order valence-corrected chi connectivity index (χ1v) is 2.14. The van der Waals surface area contributed by atoms with Gasteiger partial charge in [0.05, 0.1) is 0 Å². The summed E-state index contributed by atoms with van der Waals surface area (Å²) >= 11 is 0. The van der Waals surface area contributed by atoms with Gasteiger partial charge >= 0.3 is 0 Å². The number of rotatable bonds is 1. The minimum Gasteiger partial charge on any atom is -0.240 e. The molecule has 2 heteroatoms. The Kier molecular flexibility index (Phi) is 2.56. The van der Waals surface area contributed by atoms with Crippen LogP contribution in [0.1, 0.15) is 13.8 Å². The van der Waals surface area contributed by atoms with E-state index in [2.05, 4.69) is 0 Å². The van der Waals surface area contributed by atoms with Gasteiger partial charge in [0, 0.05) is 0 Å². The van der Waals surface area contributed by atoms with E-state index in [9.17, 15) is 8.78 Å². The second-order valence-corrected chi connectivity index (χ2v) is 1.29. The van der Waals surface area contributed by atoms with Crippen molar-refractivity contribution in [3.05, 3.63) is 11.9 Å². The Morgan fingerprint density at radius 2 is 2.14 bits per heavy atom. The minimum absolute atomic E-state index is 0.694. The molecule has 0 amide bonds. The second-order valence-electron chi connectivity index (χ2n) is 1.29. The summed E-state index contributed by atoms with van der Waals surface area (Å²) in [4.78, 5) is 0. The average Bonchev–Trinajstić information content (AvgIpc) is 1.65. The molecule has 0 nitrogen and oxygen atoms in total. The highest BCUT2D eigenvalue weighted by atomic mass is 19.2. The van der Waals surface area contributed by atoms with Crippen LogP contribution < -0.4 is 0 Å². The van der Waals surface area contributed by atoms with Crippen molar-refractivity contribution in [3.63, 3.8) is 0 Å². The van der Waals surface area contributed by atoms with Crippen LogP contribution in [-0.2, 0) is 0 Å². The van der Waals surface area contributed by atoms with E-state index >= 15 is 0 Å². The van der Waals surface area contributed by atoms with E-state index in [1.807, 2.05) is 0 Å². The lowest BCUT2D eigenvalue weighted by Crippen LogP contribution is -1.90. The summed E-state index contributed by atoms with van der Waals surface area (Å²) in [6.07, 6.45) is -0.324. The molecule has 42 valence electrons. The quantitative estimate of drug-likeness (QED) is 0.480. The summed E-state index contributed by atoms with van der Waals surface area (Å²) in [6.45, 7) is 2.63. The Morgan fingerprint density at radius 1 is 1.71 bits per heavy atom. The molecule has 0 heterocycles. The van der Waals surface area contributed by atoms with Gasteiger partial charge in [-0.05, 0) is 13.8 Å². The maximum absolute atomic E-state index is 11.7. The molecule has 1 atom stereocenters. The molecular weight excluding hydrogens is 98.1 g/mol. The van der Waals surface area contributed by atoms with Gasteiger partial charge in [-0.3, -0.25) is 0 Å². The fraction of sp³-hybridized carbons (Fsp3) is 0.600. The summed E-state index contributed by atoms with van der Waals surface area (Å²) in [5, 5.41) is 0. The lowest BCUT2D eigenvalue weighted by Gasteiger charge is -1.91. The molecule has 0 aliphatic heterocycles. The molecule has 0 fully saturated rings. The predicted molar refractivity (Wildman–Crippen MR) is 25.4 cm³/mol. The predicted octanol–water partition coefficient (Wildman–Crippen LogP) is 2.22. The van der Waals surface area contributed by atoms with Crippen LogP contribution in [0.25, 0.3) is 0 Å². The molecule has 0 saturated heterocycles. The number of alkyl halides is 1. The Morgan fingerprint density at radius 3 is 2.14 bits per heavy atom. The van der Waals surface area contributed by atoms with E-state index in [-0.39, 0.29) is 0 Å². The third kappa shape index (κ3) is 2.31. The molecule has 0 spiro atoms. The van der Waals surface area contributed by atoms with Gasteiger partial charge in [-0.2, -0.15) is 0 Å². The second kappa shape index (κ2) is 2.72. The van der Waals surface area contributed by atoms with Gasteiger partial charge in [-0.1, -0.05) is 6.08 Å². The summed E-state index contributed by atoms with van der Waals surface area (Å²) < 4.78 is 23.4. The van der Waals surface area contributed by atoms with Crippen molar-refractivity contribution in [1.82, 2.24) is 0 Å². The molecule has 0 aromatic carbocycles. The summed E-state index contributed by atoms with van der Waals surface area (Å²) in [7, 11) is 0. The van der Waals surface area contributed by atoms with E-state index in [4.69, 9.17) is 0 Å². The Bertz CT molecular complexity index is 74.1. The molecule has 0 bridgehead atoms. The highest BCUT2D eigenvalue weighted by Crippen LogP contribution is 2.05. The topological polar surface area (TPSA) is 0 Å². The normalized spacial score (nSPS) is 16.9. The third-order valence-corrected chi connectivity index (χ3v) is 0.656. The van der Waals surface area contributed by atoms with Crippen molar-refractivity contribution in [2.45, 2.75) is 20.0 Å². The molecule has 7 heavy (non-hydrogen) atoms. The zero-order chi connectivity index (χ0) is 5.86. The molecular formula is C5H8F2. The van der Waals surface area contributed by atoms with Crippen LogP contribution >= 0.6 is 0 Å². The first kappa shape index (κ1) is 6.60. The largest absolute Gasteiger partial charge is 0.240 e. The number of allylic oxidation sites excluding steroid dienone is 2. The molecule has 0 aromatic heterocycles. The van der Waals surface area contributed by atoms with Crippen molar-refractivity contribution in [1.29, 1.82) is 0 Å². The van der Waals surface area contributed by atoms with E-state index in [1.165, 1.54) is 6.92 Å². The van der Waals surface area contributed by atoms with Crippen molar-refractivity contribution in [2.24, 2.45) is 0 Å². The van der Waals surface area contributed by atoms with Crippen LogP contribution in [0.5, 0.6) is 0 Å². The zero-order valence-electron chi connectivity index (χ0n) is 4.41. The highest BCUT2D eigenvalue weighted by Gasteiger charge is 2.00. The molecule has 0 rings (SSSR count). The Balaban J connectivity index is 3.56. The molecule has 1 unspecified atom stereocenters. The van der Waals surface area contributed by atoms with Gasteiger partial charge in [-0.15, -0.1) is 0 Å². The summed E-state index contributed by atoms with van der Waals surface area (Å²) in [5.74, 6) is -0.694. The smallest absolute Gasteiger partial charge is 0.148 e. The maximum Gasteiger partial charge on any atom is 0.148 e. The fourth-order valence-electron chi connectivity index (χ4n) is 0.230. The first-order chi connectivity index (χ1) is 3.18. The van der Waals surface area contributed by atoms with Gasteiger partial charge < -0.3 is 0 Å². The molecule has 0 N–H and O–H groups in total. The Hall–Kier alpha value is -0.400. The molecule has 0 aliphatic rings. The van der Waals surface area contributed by atoms with Crippen LogP contribution in [0.3, 0.4) is 0 Å². The van der Waals surface area contributed by atoms with E-state index in [0.29, 0.717) is 0 Å². The van der Waals surface area contributed by atoms with Gasteiger partial charge in [-0.25, -0.2) is 8.78 Å². The van der Waals surface area contributed by atoms with Crippen LogP contribution in [-0.4, -0.2) is 6.17 Å². The lowest BCUT2D eigenvalue weighted by molar-refractivity contribution is 0.349. The maximum atomic E-state index is 11.7. The van der Waals surface area contributed by atoms with E-state index in [0.717, 1.165) is 13.0 Å². The van der Waals surface area contributed by atoms with Crippen molar-refractivity contribution in [2.75, 3.05) is 0 Å². The van der Waals surface area contributed by atoms with Crippen LogP contribution in [0.15, 0.2) is 11.9 Å². The summed E-state index contributed by atoms with van der Waals surface area (Å²) in [5.41, 5.74) is 0. The third-order valence-electron chi connectivity index (χ3n) is 0.656. The van der Waals surface area contributed by atoms with E-state index in [1.54, 1.807) is 0 Å². The lowest BCUT2D eigenvalue weighted by atomic mass is 10.4. The highest BCUT2D eigenvalue weighted by molar-refractivity contribution is 4.93. The van der Waals surface area contributed by atoms with Gasteiger partial charge in [0.1, 0.15) is 12.0 Å². The molecule has 0 aromatic rings. The molecule has 0 radical (unpaired) electrons. The average molecular weight is 106 g/mol. The molecule has 0 saturated carbocycles. The summed E-state index contributed by atoms with van der Waals surface area (Å²) in [6, 6.07) is 0. The minimum atomic E-state index is -1.44. The SMILES string of the molecule is C/C=C(/F)C(C)F. The number of hydrogen-bond donors (Lipinski definition) is 0. The van der Waals surface area contributed by atoms with Gasteiger partial charge in [0.15, 0.2) is 0 Å². The number of hydrogen-bond acceptors (Lipinski definition) is 0. The van der Waals surface area contributed by atoms with Crippen molar-refractivity contribution >= 4 is 0 Å². The Labute approximate surface area is 41.8 Å². The van der Waals surface area contributed by atoms with Crippen molar-refractivity contribution < 1.29 is 8.78 Å². The van der Waals surface area contributed by atoms with E-state index < -0.39 is 12.0 Å².